The van der Waals surface area contributed by atoms with Gasteiger partial charge in [0.1, 0.15) is 0 Å². The van der Waals surface area contributed by atoms with Gasteiger partial charge < -0.3 is 0 Å². The van der Waals surface area contributed by atoms with Gasteiger partial charge in [-0.1, -0.05) is 35.3 Å². The van der Waals surface area contributed by atoms with Crippen LogP contribution in [0, 0.1) is 10.1 Å². The topological polar surface area (TPSA) is 67.5 Å². The molecule has 0 saturated carbocycles. The predicted molar refractivity (Wildman–Crippen MR) is 85.4 cm³/mol. The zero-order valence-electron chi connectivity index (χ0n) is 11.0. The fourth-order valence-electron chi connectivity index (χ4n) is 1.62. The van der Waals surface area contributed by atoms with E-state index in [9.17, 15) is 10.1 Å². The molecule has 0 radical (unpaired) electrons. The molecule has 0 bridgehead atoms. The quantitative estimate of drug-likeness (QED) is 0.502. The van der Waals surface area contributed by atoms with Crippen LogP contribution >= 0.6 is 23.2 Å². The van der Waals surface area contributed by atoms with Gasteiger partial charge in [0, 0.05) is 17.7 Å². The summed E-state index contributed by atoms with van der Waals surface area (Å²) in [6.07, 6.45) is 0. The van der Waals surface area contributed by atoms with E-state index in [-0.39, 0.29) is 5.69 Å². The molecule has 5 nitrogen and oxygen atoms in total. The molecule has 0 amide bonds. The highest BCUT2D eigenvalue weighted by Gasteiger charge is 2.07. The standard InChI is InChI=1S/C14H11Cl2N3O2/c1-9(10-3-2-4-12(7-10)19(20)21)17-18-11-5-6-13(15)14(16)8-11/h2-8,18H,1H3/b17-9-. The number of nitrogens with one attached hydrogen (secondary N) is 1. The van der Waals surface area contributed by atoms with E-state index in [0.29, 0.717) is 27.0 Å². The van der Waals surface area contributed by atoms with E-state index in [2.05, 4.69) is 10.5 Å². The van der Waals surface area contributed by atoms with Gasteiger partial charge in [0.25, 0.3) is 5.69 Å². The minimum atomic E-state index is -0.441. The number of nitro groups is 1. The molecule has 2 rings (SSSR count). The van der Waals surface area contributed by atoms with Gasteiger partial charge in [-0.25, -0.2) is 0 Å². The van der Waals surface area contributed by atoms with E-state index in [1.54, 1.807) is 37.3 Å². The van der Waals surface area contributed by atoms with Crippen molar-refractivity contribution >= 4 is 40.3 Å². The Labute approximate surface area is 131 Å². The summed E-state index contributed by atoms with van der Waals surface area (Å²) >= 11 is 11.7. The molecule has 0 unspecified atom stereocenters. The van der Waals surface area contributed by atoms with E-state index in [1.807, 2.05) is 0 Å². The van der Waals surface area contributed by atoms with Crippen molar-refractivity contribution < 1.29 is 4.92 Å². The van der Waals surface area contributed by atoms with Crippen molar-refractivity contribution in [3.63, 3.8) is 0 Å². The number of rotatable bonds is 4. The van der Waals surface area contributed by atoms with Crippen LogP contribution in [-0.4, -0.2) is 10.6 Å². The third kappa shape index (κ3) is 3.93. The summed E-state index contributed by atoms with van der Waals surface area (Å²) in [5, 5.41) is 15.8. The van der Waals surface area contributed by atoms with Crippen LogP contribution in [0.2, 0.25) is 10.0 Å². The second-order valence-electron chi connectivity index (χ2n) is 4.25. The van der Waals surface area contributed by atoms with Crippen molar-refractivity contribution in [2.24, 2.45) is 5.10 Å². The third-order valence-corrected chi connectivity index (χ3v) is 3.49. The molecular weight excluding hydrogens is 313 g/mol. The third-order valence-electron chi connectivity index (χ3n) is 2.75. The Morgan fingerprint density at radius 2 is 1.95 bits per heavy atom. The largest absolute Gasteiger partial charge is 0.278 e. The molecule has 1 N–H and O–H groups in total. The Kier molecular flexibility index (Phi) is 4.77. The van der Waals surface area contributed by atoms with Crippen molar-refractivity contribution in [2.75, 3.05) is 5.43 Å². The minimum Gasteiger partial charge on any atom is -0.278 e. The van der Waals surface area contributed by atoms with Gasteiger partial charge in [0.2, 0.25) is 0 Å². The van der Waals surface area contributed by atoms with Gasteiger partial charge in [-0.2, -0.15) is 5.10 Å². The molecule has 0 aromatic heterocycles. The Balaban J connectivity index is 2.19. The molecule has 0 saturated heterocycles. The van der Waals surface area contributed by atoms with Gasteiger partial charge in [-0.15, -0.1) is 0 Å². The molecule has 0 atom stereocenters. The lowest BCUT2D eigenvalue weighted by Gasteiger charge is -2.05. The Bertz CT molecular complexity index is 717. The number of hydrogen-bond acceptors (Lipinski definition) is 4. The van der Waals surface area contributed by atoms with Crippen molar-refractivity contribution in [1.29, 1.82) is 0 Å². The zero-order chi connectivity index (χ0) is 15.4. The SMILES string of the molecule is C/C(=N/Nc1ccc(Cl)c(Cl)c1)c1cccc([N+](=O)[O-])c1. The number of nitro benzene ring substituents is 1. The second-order valence-corrected chi connectivity index (χ2v) is 5.06. The lowest BCUT2D eigenvalue weighted by atomic mass is 10.1. The fourth-order valence-corrected chi connectivity index (χ4v) is 1.92. The molecule has 0 heterocycles. The summed E-state index contributed by atoms with van der Waals surface area (Å²) in [5.41, 5.74) is 4.81. The highest BCUT2D eigenvalue weighted by atomic mass is 35.5. The van der Waals surface area contributed by atoms with Crippen LogP contribution in [0.25, 0.3) is 0 Å². The Morgan fingerprint density at radius 1 is 1.19 bits per heavy atom. The van der Waals surface area contributed by atoms with Crippen molar-refractivity contribution in [1.82, 2.24) is 0 Å². The first kappa shape index (κ1) is 15.3. The molecule has 7 heteroatoms. The molecule has 0 fully saturated rings. The lowest BCUT2D eigenvalue weighted by molar-refractivity contribution is -0.384. The molecular formula is C14H11Cl2N3O2. The van der Waals surface area contributed by atoms with Crippen LogP contribution < -0.4 is 5.43 Å². The van der Waals surface area contributed by atoms with Crippen LogP contribution in [0.5, 0.6) is 0 Å². The van der Waals surface area contributed by atoms with E-state index >= 15 is 0 Å². The smallest absolute Gasteiger partial charge is 0.270 e. The van der Waals surface area contributed by atoms with Crippen molar-refractivity contribution in [3.05, 3.63) is 68.2 Å². The van der Waals surface area contributed by atoms with Gasteiger partial charge in [-0.05, 0) is 25.1 Å². The first-order chi connectivity index (χ1) is 9.97. The van der Waals surface area contributed by atoms with Crippen molar-refractivity contribution in [3.8, 4) is 0 Å². The number of non-ortho nitro benzene ring substituents is 1. The average molecular weight is 324 g/mol. The highest BCUT2D eigenvalue weighted by Crippen LogP contribution is 2.25. The average Bonchev–Trinajstić information content (AvgIpc) is 2.48. The van der Waals surface area contributed by atoms with Gasteiger partial charge >= 0.3 is 0 Å². The maximum absolute atomic E-state index is 10.7. The van der Waals surface area contributed by atoms with Crippen LogP contribution in [0.15, 0.2) is 47.6 Å². The van der Waals surface area contributed by atoms with Gasteiger partial charge in [0.15, 0.2) is 0 Å². The number of nitrogens with zero attached hydrogens (tertiary/aromatic N) is 2. The highest BCUT2D eigenvalue weighted by molar-refractivity contribution is 6.42. The van der Waals surface area contributed by atoms with Crippen LogP contribution in [0.4, 0.5) is 11.4 Å². The molecule has 2 aromatic rings. The maximum atomic E-state index is 10.7. The van der Waals surface area contributed by atoms with E-state index in [4.69, 9.17) is 23.2 Å². The number of benzene rings is 2. The van der Waals surface area contributed by atoms with Crippen molar-refractivity contribution in [2.45, 2.75) is 6.92 Å². The summed E-state index contributed by atoms with van der Waals surface area (Å²) in [5.74, 6) is 0. The summed E-state index contributed by atoms with van der Waals surface area (Å²) in [4.78, 5) is 10.3. The molecule has 2 aromatic carbocycles. The second kappa shape index (κ2) is 6.56. The van der Waals surface area contributed by atoms with Crippen LogP contribution in [-0.2, 0) is 0 Å². The van der Waals surface area contributed by atoms with Crippen LogP contribution in [0.1, 0.15) is 12.5 Å². The van der Waals surface area contributed by atoms with E-state index in [1.165, 1.54) is 12.1 Å². The molecule has 108 valence electrons. The summed E-state index contributed by atoms with van der Waals surface area (Å²) in [6.45, 7) is 1.75. The Morgan fingerprint density at radius 3 is 2.62 bits per heavy atom. The number of hydrazone groups is 1. The fraction of sp³-hybridized carbons (Fsp3) is 0.0714. The number of hydrogen-bond donors (Lipinski definition) is 1. The van der Waals surface area contributed by atoms with E-state index in [0.717, 1.165) is 0 Å². The number of halogens is 2. The van der Waals surface area contributed by atoms with Gasteiger partial charge in [0.05, 0.1) is 26.4 Å². The normalized spacial score (nSPS) is 11.3. The van der Waals surface area contributed by atoms with E-state index < -0.39 is 4.92 Å². The minimum absolute atomic E-state index is 0.0246. The first-order valence-corrected chi connectivity index (χ1v) is 6.73. The molecule has 0 aliphatic carbocycles. The molecule has 21 heavy (non-hydrogen) atoms. The maximum Gasteiger partial charge on any atom is 0.270 e. The number of anilines is 1. The predicted octanol–water partition coefficient (Wildman–Crippen LogP) is 4.74. The lowest BCUT2D eigenvalue weighted by Crippen LogP contribution is -2.00. The monoisotopic (exact) mass is 323 g/mol. The van der Waals surface area contributed by atoms with Gasteiger partial charge in [-0.3, -0.25) is 15.5 Å². The Hall–Kier alpha value is -2.11. The summed E-state index contributed by atoms with van der Waals surface area (Å²) in [6, 6.07) is 11.3. The summed E-state index contributed by atoms with van der Waals surface area (Å²) in [7, 11) is 0. The molecule has 0 spiro atoms. The molecule has 0 aliphatic heterocycles. The first-order valence-electron chi connectivity index (χ1n) is 5.97. The zero-order valence-corrected chi connectivity index (χ0v) is 12.5. The van der Waals surface area contributed by atoms with Crippen LogP contribution in [0.3, 0.4) is 0 Å². The summed E-state index contributed by atoms with van der Waals surface area (Å²) < 4.78 is 0. The molecule has 0 aliphatic rings.